The Morgan fingerprint density at radius 3 is 2.48 bits per heavy atom. The first-order valence-corrected chi connectivity index (χ1v) is 8.33. The molecule has 0 aliphatic carbocycles. The molecule has 0 unspecified atom stereocenters. The van der Waals surface area contributed by atoms with Crippen LogP contribution in [0.1, 0.15) is 11.1 Å². The molecule has 1 aromatic heterocycles. The van der Waals surface area contributed by atoms with E-state index in [9.17, 15) is 4.79 Å². The topological polar surface area (TPSA) is 84.9 Å². The number of hydrazone groups is 1. The Labute approximate surface area is 156 Å². The predicted molar refractivity (Wildman–Crippen MR) is 104 cm³/mol. The van der Waals surface area contributed by atoms with Crippen LogP contribution in [0.5, 0.6) is 17.2 Å². The van der Waals surface area contributed by atoms with Crippen LogP contribution < -0.4 is 19.6 Å². The van der Waals surface area contributed by atoms with Gasteiger partial charge >= 0.3 is 0 Å². The average molecular weight is 367 g/mol. The summed E-state index contributed by atoms with van der Waals surface area (Å²) >= 11 is 0. The Bertz CT molecular complexity index is 953. The van der Waals surface area contributed by atoms with Gasteiger partial charge in [-0.15, -0.1) is 0 Å². The van der Waals surface area contributed by atoms with Gasteiger partial charge in [0, 0.05) is 29.2 Å². The van der Waals surface area contributed by atoms with Gasteiger partial charge in [-0.2, -0.15) is 5.10 Å². The molecule has 0 saturated carbocycles. The maximum Gasteiger partial charge on any atom is 0.244 e. The third kappa shape index (κ3) is 4.03. The number of ether oxygens (including phenoxy) is 3. The van der Waals surface area contributed by atoms with Gasteiger partial charge in [-0.25, -0.2) is 5.43 Å². The molecular formula is C20H21N3O4. The average Bonchev–Trinajstić information content (AvgIpc) is 3.10. The molecule has 0 radical (unpaired) electrons. The summed E-state index contributed by atoms with van der Waals surface area (Å²) in [6, 6.07) is 11.3. The van der Waals surface area contributed by atoms with Crippen LogP contribution in [0.3, 0.4) is 0 Å². The molecule has 0 aliphatic rings. The van der Waals surface area contributed by atoms with E-state index < -0.39 is 0 Å². The molecule has 2 aromatic carbocycles. The minimum absolute atomic E-state index is 0.220. The summed E-state index contributed by atoms with van der Waals surface area (Å²) in [6.07, 6.45) is 3.55. The summed E-state index contributed by atoms with van der Waals surface area (Å²) in [5.74, 6) is 1.44. The first-order chi connectivity index (χ1) is 13.2. The van der Waals surface area contributed by atoms with E-state index in [1.165, 1.54) is 6.21 Å². The first-order valence-electron chi connectivity index (χ1n) is 8.33. The number of methoxy groups -OCH3 is 3. The van der Waals surface area contributed by atoms with E-state index >= 15 is 0 Å². The number of nitrogens with zero attached hydrogens (tertiary/aromatic N) is 1. The molecule has 0 bridgehead atoms. The van der Waals surface area contributed by atoms with Gasteiger partial charge in [0.1, 0.15) is 17.2 Å². The van der Waals surface area contributed by atoms with Gasteiger partial charge in [-0.3, -0.25) is 4.79 Å². The number of rotatable bonds is 7. The van der Waals surface area contributed by atoms with Crippen molar-refractivity contribution in [1.82, 2.24) is 10.4 Å². The molecule has 1 amide bonds. The van der Waals surface area contributed by atoms with Crippen LogP contribution in [-0.2, 0) is 11.2 Å². The van der Waals surface area contributed by atoms with Crippen molar-refractivity contribution in [2.45, 2.75) is 6.42 Å². The summed E-state index contributed by atoms with van der Waals surface area (Å²) in [5, 5.41) is 5.06. The highest BCUT2D eigenvalue weighted by Gasteiger charge is 2.12. The predicted octanol–water partition coefficient (Wildman–Crippen LogP) is 2.89. The molecule has 7 nitrogen and oxygen atoms in total. The number of nitrogens with one attached hydrogen (secondary N) is 2. The van der Waals surface area contributed by atoms with Gasteiger partial charge in [-0.05, 0) is 11.6 Å². The van der Waals surface area contributed by atoms with Crippen molar-refractivity contribution in [3.05, 3.63) is 53.7 Å². The number of hydrogen-bond donors (Lipinski definition) is 2. The quantitative estimate of drug-likeness (QED) is 0.497. The van der Waals surface area contributed by atoms with Gasteiger partial charge in [0.15, 0.2) is 0 Å². The normalized spacial score (nSPS) is 10.9. The second-order valence-corrected chi connectivity index (χ2v) is 5.78. The van der Waals surface area contributed by atoms with Gasteiger partial charge in [-0.1, -0.05) is 18.2 Å². The Hall–Kier alpha value is -3.48. The van der Waals surface area contributed by atoms with Crippen molar-refractivity contribution in [2.75, 3.05) is 21.3 Å². The van der Waals surface area contributed by atoms with Crippen molar-refractivity contribution in [1.29, 1.82) is 0 Å². The third-order valence-electron chi connectivity index (χ3n) is 4.16. The number of aromatic nitrogens is 1. The molecule has 0 aliphatic heterocycles. The number of benzene rings is 2. The lowest BCUT2D eigenvalue weighted by Gasteiger charge is -2.12. The Morgan fingerprint density at radius 2 is 1.81 bits per heavy atom. The lowest BCUT2D eigenvalue weighted by atomic mass is 10.1. The van der Waals surface area contributed by atoms with Gasteiger partial charge in [0.05, 0.1) is 39.5 Å². The second-order valence-electron chi connectivity index (χ2n) is 5.78. The van der Waals surface area contributed by atoms with Crippen molar-refractivity contribution < 1.29 is 19.0 Å². The van der Waals surface area contributed by atoms with E-state index in [2.05, 4.69) is 15.5 Å². The van der Waals surface area contributed by atoms with Crippen molar-refractivity contribution in [3.8, 4) is 17.2 Å². The zero-order chi connectivity index (χ0) is 19.2. The van der Waals surface area contributed by atoms with Crippen LogP contribution in [0.15, 0.2) is 47.7 Å². The molecule has 27 heavy (non-hydrogen) atoms. The van der Waals surface area contributed by atoms with E-state index in [1.807, 2.05) is 30.5 Å². The molecule has 0 saturated heterocycles. The summed E-state index contributed by atoms with van der Waals surface area (Å²) in [5.41, 5.74) is 5.06. The van der Waals surface area contributed by atoms with Crippen LogP contribution in [0, 0.1) is 0 Å². The Morgan fingerprint density at radius 1 is 1.11 bits per heavy atom. The number of carbonyl (C=O) groups is 1. The molecule has 0 atom stereocenters. The fourth-order valence-electron chi connectivity index (χ4n) is 2.82. The molecule has 3 aromatic rings. The minimum atomic E-state index is -0.220. The summed E-state index contributed by atoms with van der Waals surface area (Å²) < 4.78 is 15.9. The Balaban J connectivity index is 1.72. The molecule has 2 N–H and O–H groups in total. The third-order valence-corrected chi connectivity index (χ3v) is 4.16. The number of aromatic amines is 1. The monoisotopic (exact) mass is 367 g/mol. The lowest BCUT2D eigenvalue weighted by Crippen LogP contribution is -2.19. The highest BCUT2D eigenvalue weighted by molar-refractivity contribution is 5.91. The van der Waals surface area contributed by atoms with Gasteiger partial charge < -0.3 is 19.2 Å². The number of hydrogen-bond acceptors (Lipinski definition) is 5. The largest absolute Gasteiger partial charge is 0.496 e. The van der Waals surface area contributed by atoms with Crippen LogP contribution in [0.25, 0.3) is 10.9 Å². The minimum Gasteiger partial charge on any atom is -0.496 e. The van der Waals surface area contributed by atoms with Crippen molar-refractivity contribution in [3.63, 3.8) is 0 Å². The highest BCUT2D eigenvalue weighted by Crippen LogP contribution is 2.32. The fraction of sp³-hybridized carbons (Fsp3) is 0.200. The molecule has 140 valence electrons. The first kappa shape index (κ1) is 18.3. The van der Waals surface area contributed by atoms with Crippen LogP contribution in [0.4, 0.5) is 0 Å². The standard InChI is InChI=1S/C20H21N3O4/c1-25-14-9-18(26-2)16(19(10-14)27-3)12-22-23-20(24)8-13-11-21-17-7-5-4-6-15(13)17/h4-7,9-12,21H,8H2,1-3H3,(H,23,24)/b22-12+. The van der Waals surface area contributed by atoms with Gasteiger partial charge in [0.2, 0.25) is 5.91 Å². The summed E-state index contributed by atoms with van der Waals surface area (Å²) in [7, 11) is 4.65. The number of H-pyrrole nitrogens is 1. The van der Waals surface area contributed by atoms with Gasteiger partial charge in [0.25, 0.3) is 0 Å². The number of fused-ring (bicyclic) bond motifs is 1. The van der Waals surface area contributed by atoms with Crippen LogP contribution in [0.2, 0.25) is 0 Å². The van der Waals surface area contributed by atoms with E-state index in [4.69, 9.17) is 14.2 Å². The lowest BCUT2D eigenvalue weighted by molar-refractivity contribution is -0.120. The van der Waals surface area contributed by atoms with E-state index in [1.54, 1.807) is 33.5 Å². The van der Waals surface area contributed by atoms with Crippen molar-refractivity contribution >= 4 is 23.0 Å². The van der Waals surface area contributed by atoms with E-state index in [0.29, 0.717) is 22.8 Å². The summed E-state index contributed by atoms with van der Waals surface area (Å²) in [4.78, 5) is 15.4. The van der Waals surface area contributed by atoms with E-state index in [-0.39, 0.29) is 12.3 Å². The SMILES string of the molecule is COc1cc(OC)c(/C=N/NC(=O)Cc2c[nH]c3ccccc23)c(OC)c1. The fourth-order valence-corrected chi connectivity index (χ4v) is 2.82. The Kier molecular flexibility index (Phi) is 5.61. The molecule has 7 heteroatoms. The number of amides is 1. The zero-order valence-electron chi connectivity index (χ0n) is 15.4. The summed E-state index contributed by atoms with van der Waals surface area (Å²) in [6.45, 7) is 0. The van der Waals surface area contributed by atoms with Crippen molar-refractivity contribution in [2.24, 2.45) is 5.10 Å². The second kappa shape index (κ2) is 8.27. The van der Waals surface area contributed by atoms with Crippen LogP contribution >= 0.6 is 0 Å². The molecule has 0 spiro atoms. The number of para-hydroxylation sites is 1. The van der Waals surface area contributed by atoms with E-state index in [0.717, 1.165) is 16.5 Å². The van der Waals surface area contributed by atoms with Crippen LogP contribution in [-0.4, -0.2) is 38.4 Å². The molecule has 3 rings (SSSR count). The molecule has 0 fully saturated rings. The maximum absolute atomic E-state index is 12.2. The molecule has 1 heterocycles. The number of carbonyl (C=O) groups excluding carboxylic acids is 1. The maximum atomic E-state index is 12.2. The highest BCUT2D eigenvalue weighted by atomic mass is 16.5. The smallest absolute Gasteiger partial charge is 0.244 e. The zero-order valence-corrected chi connectivity index (χ0v) is 15.4. The molecular weight excluding hydrogens is 346 g/mol.